The standard InChI is InChI=1S/C17H28N4/c1-2-10-18-15-13-16(20-17(19-15)14-8-9-14)21-11-6-4-3-5-7-12-21/h13-14H,2-12H2,1H3,(H,18,19,20). The molecule has 0 amide bonds. The number of anilines is 2. The van der Waals surface area contributed by atoms with Gasteiger partial charge in [0.25, 0.3) is 0 Å². The highest BCUT2D eigenvalue weighted by atomic mass is 15.2. The zero-order valence-electron chi connectivity index (χ0n) is 13.3. The van der Waals surface area contributed by atoms with Crippen molar-refractivity contribution in [1.29, 1.82) is 0 Å². The van der Waals surface area contributed by atoms with Crippen molar-refractivity contribution in [3.8, 4) is 0 Å². The Balaban J connectivity index is 1.79. The summed E-state index contributed by atoms with van der Waals surface area (Å²) in [5, 5.41) is 3.45. The number of hydrogen-bond donors (Lipinski definition) is 1. The molecule has 1 saturated heterocycles. The van der Waals surface area contributed by atoms with Gasteiger partial charge >= 0.3 is 0 Å². The van der Waals surface area contributed by atoms with Gasteiger partial charge in [-0.3, -0.25) is 0 Å². The van der Waals surface area contributed by atoms with E-state index in [0.717, 1.165) is 43.5 Å². The topological polar surface area (TPSA) is 41.0 Å². The van der Waals surface area contributed by atoms with Crippen molar-refractivity contribution >= 4 is 11.6 Å². The lowest BCUT2D eigenvalue weighted by atomic mass is 10.1. The molecule has 0 aromatic carbocycles. The van der Waals surface area contributed by atoms with Gasteiger partial charge in [-0.2, -0.15) is 0 Å². The minimum Gasteiger partial charge on any atom is -0.370 e. The van der Waals surface area contributed by atoms with E-state index in [1.807, 2.05) is 0 Å². The molecule has 2 fully saturated rings. The molecule has 4 heteroatoms. The third-order valence-corrected chi connectivity index (χ3v) is 4.41. The molecule has 2 heterocycles. The van der Waals surface area contributed by atoms with E-state index in [1.54, 1.807) is 0 Å². The van der Waals surface area contributed by atoms with Gasteiger partial charge in [-0.05, 0) is 32.1 Å². The van der Waals surface area contributed by atoms with Gasteiger partial charge in [-0.1, -0.05) is 26.2 Å². The Kier molecular flexibility index (Phi) is 4.94. The van der Waals surface area contributed by atoms with Gasteiger partial charge in [-0.25, -0.2) is 9.97 Å². The Morgan fingerprint density at radius 2 is 1.81 bits per heavy atom. The van der Waals surface area contributed by atoms with Crippen LogP contribution in [0.4, 0.5) is 11.6 Å². The van der Waals surface area contributed by atoms with Crippen molar-refractivity contribution in [2.45, 2.75) is 64.2 Å². The van der Waals surface area contributed by atoms with Crippen LogP contribution < -0.4 is 10.2 Å². The van der Waals surface area contributed by atoms with Crippen molar-refractivity contribution < 1.29 is 0 Å². The summed E-state index contributed by atoms with van der Waals surface area (Å²) in [6.45, 7) is 5.47. The summed E-state index contributed by atoms with van der Waals surface area (Å²) in [7, 11) is 0. The predicted molar refractivity (Wildman–Crippen MR) is 88.1 cm³/mol. The number of hydrogen-bond acceptors (Lipinski definition) is 4. The second-order valence-electron chi connectivity index (χ2n) is 6.43. The molecule has 1 saturated carbocycles. The lowest BCUT2D eigenvalue weighted by Gasteiger charge is -2.26. The normalized spacial score (nSPS) is 20.0. The third-order valence-electron chi connectivity index (χ3n) is 4.41. The van der Waals surface area contributed by atoms with E-state index < -0.39 is 0 Å². The average molecular weight is 288 g/mol. The van der Waals surface area contributed by atoms with Gasteiger partial charge < -0.3 is 10.2 Å². The Morgan fingerprint density at radius 3 is 2.48 bits per heavy atom. The van der Waals surface area contributed by atoms with Crippen molar-refractivity contribution in [3.05, 3.63) is 11.9 Å². The SMILES string of the molecule is CCCNc1cc(N2CCCCCCC2)nc(C2CC2)n1. The van der Waals surface area contributed by atoms with Crippen LogP contribution in [-0.2, 0) is 0 Å². The van der Waals surface area contributed by atoms with Gasteiger partial charge in [-0.15, -0.1) is 0 Å². The largest absolute Gasteiger partial charge is 0.370 e. The lowest BCUT2D eigenvalue weighted by Crippen LogP contribution is -2.28. The molecule has 21 heavy (non-hydrogen) atoms. The zero-order valence-corrected chi connectivity index (χ0v) is 13.3. The summed E-state index contributed by atoms with van der Waals surface area (Å²) in [5.41, 5.74) is 0. The van der Waals surface area contributed by atoms with Crippen molar-refractivity contribution in [3.63, 3.8) is 0 Å². The third kappa shape index (κ3) is 4.08. The van der Waals surface area contributed by atoms with Crippen LogP contribution in [0.3, 0.4) is 0 Å². The molecule has 1 N–H and O–H groups in total. The number of aromatic nitrogens is 2. The Labute approximate surface area is 128 Å². The highest BCUT2D eigenvalue weighted by molar-refractivity contribution is 5.50. The Morgan fingerprint density at radius 1 is 1.10 bits per heavy atom. The summed E-state index contributed by atoms with van der Waals surface area (Å²) in [5.74, 6) is 3.84. The van der Waals surface area contributed by atoms with Crippen LogP contribution in [0.25, 0.3) is 0 Å². The van der Waals surface area contributed by atoms with E-state index in [4.69, 9.17) is 9.97 Å². The van der Waals surface area contributed by atoms with Crippen LogP contribution in [0.2, 0.25) is 0 Å². The molecule has 0 unspecified atom stereocenters. The van der Waals surface area contributed by atoms with Gasteiger partial charge in [0.05, 0.1) is 0 Å². The van der Waals surface area contributed by atoms with Gasteiger partial charge in [0.2, 0.25) is 0 Å². The van der Waals surface area contributed by atoms with Crippen LogP contribution in [0.5, 0.6) is 0 Å². The molecule has 1 aliphatic heterocycles. The van der Waals surface area contributed by atoms with E-state index in [0.29, 0.717) is 5.92 Å². The quantitative estimate of drug-likeness (QED) is 0.891. The number of nitrogens with zero attached hydrogens (tertiary/aromatic N) is 3. The summed E-state index contributed by atoms with van der Waals surface area (Å²) in [6, 6.07) is 2.16. The van der Waals surface area contributed by atoms with E-state index >= 15 is 0 Å². The van der Waals surface area contributed by atoms with E-state index in [2.05, 4.69) is 23.2 Å². The summed E-state index contributed by atoms with van der Waals surface area (Å²) < 4.78 is 0. The number of nitrogens with one attached hydrogen (secondary N) is 1. The molecular weight excluding hydrogens is 260 g/mol. The van der Waals surface area contributed by atoms with Crippen LogP contribution in [0.1, 0.15) is 70.0 Å². The van der Waals surface area contributed by atoms with Gasteiger partial charge in [0.1, 0.15) is 17.5 Å². The minimum absolute atomic E-state index is 0.613. The van der Waals surface area contributed by atoms with E-state index in [1.165, 1.54) is 44.9 Å². The molecule has 4 nitrogen and oxygen atoms in total. The molecule has 0 spiro atoms. The molecule has 1 aromatic rings. The first-order valence-electron chi connectivity index (χ1n) is 8.74. The minimum atomic E-state index is 0.613. The molecule has 1 aromatic heterocycles. The highest BCUT2D eigenvalue weighted by Crippen LogP contribution is 2.39. The first-order valence-corrected chi connectivity index (χ1v) is 8.74. The smallest absolute Gasteiger partial charge is 0.136 e. The Bertz CT molecular complexity index is 448. The fraction of sp³-hybridized carbons (Fsp3) is 0.765. The fourth-order valence-electron chi connectivity index (χ4n) is 2.96. The highest BCUT2D eigenvalue weighted by Gasteiger charge is 2.28. The van der Waals surface area contributed by atoms with Gasteiger partial charge in [0.15, 0.2) is 0 Å². The second-order valence-corrected chi connectivity index (χ2v) is 6.43. The van der Waals surface area contributed by atoms with Crippen LogP contribution in [0.15, 0.2) is 6.07 Å². The molecule has 0 atom stereocenters. The fourth-order valence-corrected chi connectivity index (χ4v) is 2.96. The van der Waals surface area contributed by atoms with Crippen molar-refractivity contribution in [1.82, 2.24) is 9.97 Å². The maximum absolute atomic E-state index is 4.87. The van der Waals surface area contributed by atoms with Gasteiger partial charge in [0, 0.05) is 31.6 Å². The van der Waals surface area contributed by atoms with Crippen LogP contribution in [0, 0.1) is 0 Å². The first kappa shape index (κ1) is 14.6. The first-order chi connectivity index (χ1) is 10.4. The van der Waals surface area contributed by atoms with E-state index in [-0.39, 0.29) is 0 Å². The number of rotatable bonds is 5. The second kappa shape index (κ2) is 7.10. The Hall–Kier alpha value is -1.32. The molecule has 2 aliphatic rings. The molecule has 116 valence electrons. The predicted octanol–water partition coefficient (Wildman–Crippen LogP) is 3.95. The summed E-state index contributed by atoms with van der Waals surface area (Å²) >= 11 is 0. The molecule has 0 radical (unpaired) electrons. The maximum Gasteiger partial charge on any atom is 0.136 e. The maximum atomic E-state index is 4.87. The molecular formula is C17H28N4. The average Bonchev–Trinajstić information content (AvgIpc) is 3.29. The van der Waals surface area contributed by atoms with Crippen molar-refractivity contribution in [2.75, 3.05) is 29.9 Å². The van der Waals surface area contributed by atoms with Crippen LogP contribution in [-0.4, -0.2) is 29.6 Å². The summed E-state index contributed by atoms with van der Waals surface area (Å²) in [4.78, 5) is 12.1. The molecule has 3 rings (SSSR count). The molecule has 0 bridgehead atoms. The lowest BCUT2D eigenvalue weighted by molar-refractivity contribution is 0.553. The van der Waals surface area contributed by atoms with E-state index in [9.17, 15) is 0 Å². The zero-order chi connectivity index (χ0) is 14.5. The van der Waals surface area contributed by atoms with Crippen LogP contribution >= 0.6 is 0 Å². The summed E-state index contributed by atoms with van der Waals surface area (Å²) in [6.07, 6.45) is 10.3. The van der Waals surface area contributed by atoms with Crippen molar-refractivity contribution in [2.24, 2.45) is 0 Å². The molecule has 1 aliphatic carbocycles. The monoisotopic (exact) mass is 288 g/mol.